The molecule has 4 aromatic rings. The van der Waals surface area contributed by atoms with E-state index in [9.17, 15) is 4.79 Å². The summed E-state index contributed by atoms with van der Waals surface area (Å²) in [6.07, 6.45) is 2.95. The fourth-order valence-corrected chi connectivity index (χ4v) is 4.64. The number of aromatic nitrogens is 1. The Labute approximate surface area is 178 Å². The average molecular weight is 424 g/mol. The number of pyridine rings is 1. The molecule has 0 atom stereocenters. The van der Waals surface area contributed by atoms with E-state index in [0.717, 1.165) is 51.5 Å². The maximum absolute atomic E-state index is 11.7. The van der Waals surface area contributed by atoms with Gasteiger partial charge in [-0.1, -0.05) is 0 Å². The number of aryl methyl sites for hydroxylation is 2. The molecule has 0 fully saturated rings. The highest BCUT2D eigenvalue weighted by molar-refractivity contribution is 6.17. The van der Waals surface area contributed by atoms with Crippen molar-refractivity contribution in [3.63, 3.8) is 0 Å². The molecule has 0 spiro atoms. The summed E-state index contributed by atoms with van der Waals surface area (Å²) < 4.78 is 24.6. The van der Waals surface area contributed by atoms with Crippen molar-refractivity contribution in [2.75, 3.05) is 13.9 Å². The van der Waals surface area contributed by atoms with Crippen molar-refractivity contribution in [3.8, 4) is 23.0 Å². The second-order valence-corrected chi connectivity index (χ2v) is 7.38. The van der Waals surface area contributed by atoms with E-state index >= 15 is 0 Å². The first-order chi connectivity index (χ1) is 14.2. The maximum atomic E-state index is 11.7. The third-order valence-corrected chi connectivity index (χ3v) is 5.80. The zero-order valence-corrected chi connectivity index (χ0v) is 17.2. The number of carbonyl (C=O) groups excluding carboxylic acids is 1. The first-order valence-electron chi connectivity index (χ1n) is 9.55. The molecule has 6 rings (SSSR count). The predicted octanol–water partition coefficient (Wildman–Crippen LogP) is 0.656. The van der Waals surface area contributed by atoms with E-state index in [0.29, 0.717) is 11.5 Å². The van der Waals surface area contributed by atoms with Gasteiger partial charge in [-0.3, -0.25) is 4.79 Å². The Kier molecular flexibility index (Phi) is 4.15. The lowest BCUT2D eigenvalue weighted by Crippen LogP contribution is -3.00. The van der Waals surface area contributed by atoms with E-state index in [2.05, 4.69) is 29.0 Å². The number of benzene rings is 3. The minimum atomic E-state index is -0.372. The second-order valence-electron chi connectivity index (χ2n) is 7.38. The van der Waals surface area contributed by atoms with Gasteiger partial charge in [0.1, 0.15) is 0 Å². The molecule has 7 heteroatoms. The van der Waals surface area contributed by atoms with E-state index in [1.54, 1.807) is 7.11 Å². The molecule has 3 aromatic carbocycles. The third kappa shape index (κ3) is 2.43. The second kappa shape index (κ2) is 6.64. The predicted molar refractivity (Wildman–Crippen MR) is 107 cm³/mol. The zero-order chi connectivity index (χ0) is 19.7. The molecule has 0 bridgehead atoms. The van der Waals surface area contributed by atoms with Gasteiger partial charge >= 0.3 is 5.97 Å². The van der Waals surface area contributed by atoms with Crippen molar-refractivity contribution in [1.82, 2.24) is 0 Å². The number of ether oxygens (including phenoxy) is 4. The molecule has 0 aliphatic carbocycles. The van der Waals surface area contributed by atoms with E-state index in [1.807, 2.05) is 12.1 Å². The molecular weight excluding hydrogens is 406 g/mol. The summed E-state index contributed by atoms with van der Waals surface area (Å²) in [7, 11) is 1.58. The minimum absolute atomic E-state index is 0. The van der Waals surface area contributed by atoms with Crippen LogP contribution in [-0.2, 0) is 17.8 Å². The molecule has 6 nitrogen and oxygen atoms in total. The lowest BCUT2D eigenvalue weighted by Gasteiger charge is -2.18. The number of carbonyl (C=O) groups is 1. The van der Waals surface area contributed by atoms with Gasteiger partial charge in [-0.2, -0.15) is 4.57 Å². The third-order valence-electron chi connectivity index (χ3n) is 5.80. The van der Waals surface area contributed by atoms with Crippen molar-refractivity contribution in [2.24, 2.45) is 0 Å². The molecule has 2 aliphatic heterocycles. The molecule has 0 unspecified atom stereocenters. The quantitative estimate of drug-likeness (QED) is 0.205. The lowest BCUT2D eigenvalue weighted by atomic mass is 9.93. The Morgan fingerprint density at radius 1 is 1.07 bits per heavy atom. The zero-order valence-electron chi connectivity index (χ0n) is 16.5. The number of nitrogens with zero attached hydrogens (tertiary/aromatic N) is 1. The van der Waals surface area contributed by atoms with Crippen LogP contribution in [0.5, 0.6) is 23.0 Å². The summed E-state index contributed by atoms with van der Waals surface area (Å²) in [6, 6.07) is 10.2. The van der Waals surface area contributed by atoms with E-state index < -0.39 is 0 Å². The van der Waals surface area contributed by atoms with Crippen molar-refractivity contribution >= 4 is 38.4 Å². The highest BCUT2D eigenvalue weighted by atomic mass is 35.5. The number of hydrogen-bond donors (Lipinski definition) is 0. The van der Waals surface area contributed by atoms with Crippen LogP contribution in [0.3, 0.4) is 0 Å². The van der Waals surface area contributed by atoms with Crippen LogP contribution in [0.4, 0.5) is 0 Å². The summed E-state index contributed by atoms with van der Waals surface area (Å²) in [6.45, 7) is 2.49. The van der Waals surface area contributed by atoms with Crippen molar-refractivity contribution in [1.29, 1.82) is 0 Å². The van der Waals surface area contributed by atoms with Crippen molar-refractivity contribution < 1.29 is 40.7 Å². The van der Waals surface area contributed by atoms with Gasteiger partial charge < -0.3 is 31.4 Å². The van der Waals surface area contributed by atoms with E-state index in [-0.39, 0.29) is 25.2 Å². The van der Waals surface area contributed by atoms with Crippen molar-refractivity contribution in [3.05, 3.63) is 42.1 Å². The van der Waals surface area contributed by atoms with Gasteiger partial charge in [0.25, 0.3) is 0 Å². The van der Waals surface area contributed by atoms with Crippen LogP contribution in [0.2, 0.25) is 0 Å². The Hall–Kier alpha value is -3.25. The summed E-state index contributed by atoms with van der Waals surface area (Å²) in [5, 5.41) is 5.25. The van der Waals surface area contributed by atoms with Gasteiger partial charge in [0.15, 0.2) is 35.7 Å². The fourth-order valence-electron chi connectivity index (χ4n) is 4.64. The van der Waals surface area contributed by atoms with E-state index in [1.165, 1.54) is 17.9 Å². The van der Waals surface area contributed by atoms with Crippen LogP contribution in [0, 0.1) is 0 Å². The van der Waals surface area contributed by atoms with Crippen LogP contribution in [0.15, 0.2) is 36.5 Å². The van der Waals surface area contributed by atoms with Gasteiger partial charge in [0.2, 0.25) is 12.3 Å². The number of fused-ring (bicyclic) bond motifs is 4. The molecule has 30 heavy (non-hydrogen) atoms. The largest absolute Gasteiger partial charge is 1.00 e. The van der Waals surface area contributed by atoms with Crippen LogP contribution in [0.1, 0.15) is 12.5 Å². The minimum Gasteiger partial charge on any atom is -1.00 e. The standard InChI is InChI=1S/C23H18NO5.ClH/c1-12(25)29-23-17-10-24-8-7-13-9-19-22(28-11-27-19)16-4-3-15(21(24)20(13)16)14(17)5-6-18(23)26-2;/h3-6,9-10H,7-8,11H2,1-2H3;1H/q+1;/p-1. The SMILES string of the molecule is COc1ccc2c(c[n+]3c4c2ccc2c5c(cc(c24)CC3)OCO5)c1OC(C)=O.[Cl-]. The topological polar surface area (TPSA) is 57.9 Å². The molecule has 3 heterocycles. The van der Waals surface area contributed by atoms with Crippen LogP contribution < -0.4 is 35.9 Å². The molecule has 0 amide bonds. The van der Waals surface area contributed by atoms with Gasteiger partial charge in [-0.25, -0.2) is 0 Å². The molecule has 152 valence electrons. The Bertz CT molecular complexity index is 1380. The van der Waals surface area contributed by atoms with Crippen LogP contribution >= 0.6 is 0 Å². The smallest absolute Gasteiger partial charge is 0.308 e. The summed E-state index contributed by atoms with van der Waals surface area (Å²) in [5.41, 5.74) is 2.43. The molecule has 0 saturated heterocycles. The van der Waals surface area contributed by atoms with Gasteiger partial charge in [0, 0.05) is 24.1 Å². The lowest BCUT2D eigenvalue weighted by molar-refractivity contribution is -0.670. The van der Waals surface area contributed by atoms with Gasteiger partial charge in [-0.15, -0.1) is 0 Å². The fraction of sp³-hybridized carbons (Fsp3) is 0.217. The number of rotatable bonds is 2. The van der Waals surface area contributed by atoms with Crippen molar-refractivity contribution in [2.45, 2.75) is 19.9 Å². The molecular formula is C23H18ClNO5. The summed E-state index contributed by atoms with van der Waals surface area (Å²) >= 11 is 0. The molecule has 0 N–H and O–H groups in total. The molecule has 0 saturated carbocycles. The average Bonchev–Trinajstić information content (AvgIpc) is 3.20. The number of methoxy groups -OCH3 is 1. The van der Waals surface area contributed by atoms with Crippen LogP contribution in [0.25, 0.3) is 32.4 Å². The monoisotopic (exact) mass is 423 g/mol. The Morgan fingerprint density at radius 3 is 2.67 bits per heavy atom. The molecule has 0 radical (unpaired) electrons. The number of halogens is 1. The normalized spacial score (nSPS) is 13.7. The first kappa shape index (κ1) is 18.8. The highest BCUT2D eigenvalue weighted by Gasteiger charge is 2.30. The maximum Gasteiger partial charge on any atom is 0.308 e. The Balaban J connectivity index is 0.00000193. The summed E-state index contributed by atoms with van der Waals surface area (Å²) in [5.74, 6) is 2.26. The number of esters is 1. The first-order valence-corrected chi connectivity index (χ1v) is 9.55. The van der Waals surface area contributed by atoms with Gasteiger partial charge in [-0.05, 0) is 35.9 Å². The molecule has 2 aliphatic rings. The summed E-state index contributed by atoms with van der Waals surface area (Å²) in [4.78, 5) is 11.7. The van der Waals surface area contributed by atoms with E-state index in [4.69, 9.17) is 18.9 Å². The highest BCUT2D eigenvalue weighted by Crippen LogP contribution is 2.46. The van der Waals surface area contributed by atoms with Gasteiger partial charge in [0.05, 0.1) is 23.3 Å². The number of hydrogen-bond acceptors (Lipinski definition) is 5. The van der Waals surface area contributed by atoms with Crippen LogP contribution in [-0.4, -0.2) is 19.9 Å². The molecule has 1 aromatic heterocycles. The Morgan fingerprint density at radius 2 is 1.87 bits per heavy atom.